The van der Waals surface area contributed by atoms with Crippen molar-refractivity contribution in [2.45, 2.75) is 25.7 Å². The summed E-state index contributed by atoms with van der Waals surface area (Å²) in [6.45, 7) is 1.01. The highest BCUT2D eigenvalue weighted by Gasteiger charge is 2.27. The van der Waals surface area contributed by atoms with Crippen molar-refractivity contribution >= 4 is 11.9 Å². The van der Waals surface area contributed by atoms with E-state index in [1.165, 1.54) is 0 Å². The monoisotopic (exact) mass is 291 g/mol. The number of benzene rings is 1. The topological polar surface area (TPSA) is 66.8 Å². The summed E-state index contributed by atoms with van der Waals surface area (Å²) >= 11 is 0. The van der Waals surface area contributed by atoms with Crippen LogP contribution in [0.4, 0.5) is 0 Å². The number of carboxylic acid groups (broad SMARTS) is 1. The Morgan fingerprint density at radius 1 is 1.43 bits per heavy atom. The fourth-order valence-corrected chi connectivity index (χ4v) is 2.64. The van der Waals surface area contributed by atoms with Gasteiger partial charge in [-0.05, 0) is 37.0 Å². The predicted octanol–water partition coefficient (Wildman–Crippen LogP) is 1.95. The number of rotatable bonds is 5. The van der Waals surface area contributed by atoms with Crippen LogP contribution in [-0.2, 0) is 16.0 Å². The zero-order valence-corrected chi connectivity index (χ0v) is 12.2. The Hall–Kier alpha value is -2.04. The maximum absolute atomic E-state index is 12.2. The second-order valence-corrected chi connectivity index (χ2v) is 5.37. The standard InChI is InChI=1S/C16H21NO4/c1-21-14-6-2-4-12(10-14)7-8-15(18)17-9-3-5-13(11-17)16(19)20/h2,4,6,10,13H,3,5,7-9,11H2,1H3,(H,19,20)/t13-/m1/s1. The number of hydrogen-bond acceptors (Lipinski definition) is 3. The van der Waals surface area contributed by atoms with Gasteiger partial charge in [-0.15, -0.1) is 0 Å². The maximum atomic E-state index is 12.2. The van der Waals surface area contributed by atoms with Crippen molar-refractivity contribution in [1.82, 2.24) is 4.90 Å². The third-order valence-corrected chi connectivity index (χ3v) is 3.89. The van der Waals surface area contributed by atoms with Gasteiger partial charge in [0.1, 0.15) is 5.75 Å². The van der Waals surface area contributed by atoms with Gasteiger partial charge in [-0.25, -0.2) is 0 Å². The SMILES string of the molecule is COc1cccc(CCC(=O)N2CCC[C@@H](C(=O)O)C2)c1. The first kappa shape index (κ1) is 15.4. The number of ether oxygens (including phenoxy) is 1. The largest absolute Gasteiger partial charge is 0.497 e. The fourth-order valence-electron chi connectivity index (χ4n) is 2.64. The highest BCUT2D eigenvalue weighted by atomic mass is 16.5. The van der Waals surface area contributed by atoms with Crippen molar-refractivity contribution in [3.8, 4) is 5.75 Å². The van der Waals surface area contributed by atoms with Gasteiger partial charge in [0, 0.05) is 19.5 Å². The molecule has 0 aliphatic carbocycles. The highest BCUT2D eigenvalue weighted by Crippen LogP contribution is 2.19. The van der Waals surface area contributed by atoms with Crippen LogP contribution in [0.25, 0.3) is 0 Å². The first-order valence-electron chi connectivity index (χ1n) is 7.23. The number of carboxylic acids is 1. The Morgan fingerprint density at radius 2 is 2.24 bits per heavy atom. The molecule has 0 aromatic heterocycles. The summed E-state index contributed by atoms with van der Waals surface area (Å²) < 4.78 is 5.16. The molecule has 1 heterocycles. The van der Waals surface area contributed by atoms with Crippen molar-refractivity contribution in [1.29, 1.82) is 0 Å². The molecule has 0 radical (unpaired) electrons. The zero-order valence-electron chi connectivity index (χ0n) is 12.2. The number of aliphatic carboxylic acids is 1. The van der Waals surface area contributed by atoms with E-state index >= 15 is 0 Å². The van der Waals surface area contributed by atoms with Crippen molar-refractivity contribution < 1.29 is 19.4 Å². The summed E-state index contributed by atoms with van der Waals surface area (Å²) in [6, 6.07) is 7.66. The van der Waals surface area contributed by atoms with Gasteiger partial charge in [0.05, 0.1) is 13.0 Å². The third-order valence-electron chi connectivity index (χ3n) is 3.89. The molecule has 114 valence electrons. The van der Waals surface area contributed by atoms with Crippen molar-refractivity contribution in [2.75, 3.05) is 20.2 Å². The lowest BCUT2D eigenvalue weighted by Gasteiger charge is -2.30. The van der Waals surface area contributed by atoms with E-state index in [0.29, 0.717) is 32.4 Å². The highest BCUT2D eigenvalue weighted by molar-refractivity contribution is 5.78. The third kappa shape index (κ3) is 4.21. The van der Waals surface area contributed by atoms with Gasteiger partial charge in [-0.3, -0.25) is 9.59 Å². The van der Waals surface area contributed by atoms with Crippen LogP contribution in [0.5, 0.6) is 5.75 Å². The number of amides is 1. The van der Waals surface area contributed by atoms with Gasteiger partial charge in [0.2, 0.25) is 5.91 Å². The quantitative estimate of drug-likeness (QED) is 0.900. The lowest BCUT2D eigenvalue weighted by molar-refractivity contribution is -0.145. The molecule has 0 bridgehead atoms. The van der Waals surface area contributed by atoms with E-state index in [2.05, 4.69) is 0 Å². The van der Waals surface area contributed by atoms with Crippen LogP contribution in [-0.4, -0.2) is 42.1 Å². The summed E-state index contributed by atoms with van der Waals surface area (Å²) in [6.07, 6.45) is 2.47. The molecule has 0 spiro atoms. The maximum Gasteiger partial charge on any atom is 0.308 e. The first-order valence-corrected chi connectivity index (χ1v) is 7.23. The average Bonchev–Trinajstić information content (AvgIpc) is 2.53. The summed E-state index contributed by atoms with van der Waals surface area (Å²) in [5.74, 6) is -0.410. The molecule has 1 aromatic rings. The van der Waals surface area contributed by atoms with Crippen LogP contribution in [0, 0.1) is 5.92 Å². The molecular weight excluding hydrogens is 270 g/mol. The molecule has 1 N–H and O–H groups in total. The molecule has 1 aliphatic rings. The molecule has 1 atom stereocenters. The van der Waals surface area contributed by atoms with Gasteiger partial charge in [-0.2, -0.15) is 0 Å². The normalized spacial score (nSPS) is 18.3. The fraction of sp³-hybridized carbons (Fsp3) is 0.500. The molecule has 1 fully saturated rings. The molecule has 0 saturated carbocycles. The Labute approximate surface area is 124 Å². The van der Waals surface area contributed by atoms with E-state index < -0.39 is 11.9 Å². The van der Waals surface area contributed by atoms with Crippen molar-refractivity contribution in [3.05, 3.63) is 29.8 Å². The summed E-state index contributed by atoms with van der Waals surface area (Å²) in [5.41, 5.74) is 1.05. The lowest BCUT2D eigenvalue weighted by Crippen LogP contribution is -2.42. The number of aryl methyl sites for hydroxylation is 1. The second-order valence-electron chi connectivity index (χ2n) is 5.37. The Bertz CT molecular complexity index is 515. The summed E-state index contributed by atoms with van der Waals surface area (Å²) in [5, 5.41) is 9.05. The summed E-state index contributed by atoms with van der Waals surface area (Å²) in [7, 11) is 1.62. The second kappa shape index (κ2) is 7.11. The number of hydrogen-bond donors (Lipinski definition) is 1. The molecule has 1 amide bonds. The van der Waals surface area contributed by atoms with Crippen molar-refractivity contribution in [3.63, 3.8) is 0 Å². The minimum Gasteiger partial charge on any atom is -0.497 e. The number of nitrogens with zero attached hydrogens (tertiary/aromatic N) is 1. The molecule has 5 nitrogen and oxygen atoms in total. The number of methoxy groups -OCH3 is 1. The van der Waals surface area contributed by atoms with Gasteiger partial charge in [0.25, 0.3) is 0 Å². The van der Waals surface area contributed by atoms with E-state index in [1.54, 1.807) is 12.0 Å². The van der Waals surface area contributed by atoms with E-state index in [4.69, 9.17) is 9.84 Å². The van der Waals surface area contributed by atoms with Gasteiger partial charge >= 0.3 is 5.97 Å². The van der Waals surface area contributed by atoms with Crippen LogP contribution in [0.3, 0.4) is 0 Å². The Kier molecular flexibility index (Phi) is 5.20. The Balaban J connectivity index is 1.87. The van der Waals surface area contributed by atoms with E-state index in [-0.39, 0.29) is 5.91 Å². The van der Waals surface area contributed by atoms with Crippen LogP contribution in [0.2, 0.25) is 0 Å². The van der Waals surface area contributed by atoms with Crippen molar-refractivity contribution in [2.24, 2.45) is 5.92 Å². The minimum atomic E-state index is -0.805. The molecule has 1 saturated heterocycles. The van der Waals surface area contributed by atoms with E-state index in [1.807, 2.05) is 24.3 Å². The summed E-state index contributed by atoms with van der Waals surface area (Å²) in [4.78, 5) is 24.9. The molecule has 5 heteroatoms. The van der Waals surface area contributed by atoms with Gasteiger partial charge in [-0.1, -0.05) is 12.1 Å². The molecule has 0 unspecified atom stereocenters. The molecule has 1 aromatic carbocycles. The lowest BCUT2D eigenvalue weighted by atomic mass is 9.97. The molecule has 2 rings (SSSR count). The van der Waals surface area contributed by atoms with Gasteiger partial charge < -0.3 is 14.7 Å². The molecule has 21 heavy (non-hydrogen) atoms. The molecule has 1 aliphatic heterocycles. The van der Waals surface area contributed by atoms with Gasteiger partial charge in [0.15, 0.2) is 0 Å². The number of carbonyl (C=O) groups excluding carboxylic acids is 1. The zero-order chi connectivity index (χ0) is 15.2. The Morgan fingerprint density at radius 3 is 2.95 bits per heavy atom. The van der Waals surface area contributed by atoms with E-state index in [9.17, 15) is 9.59 Å². The van der Waals surface area contributed by atoms with Crippen LogP contribution >= 0.6 is 0 Å². The van der Waals surface area contributed by atoms with Crippen LogP contribution < -0.4 is 4.74 Å². The predicted molar refractivity (Wildman–Crippen MR) is 78.3 cm³/mol. The smallest absolute Gasteiger partial charge is 0.308 e. The number of piperidine rings is 1. The van der Waals surface area contributed by atoms with Crippen LogP contribution in [0.15, 0.2) is 24.3 Å². The molecular formula is C16H21NO4. The van der Waals surface area contributed by atoms with E-state index in [0.717, 1.165) is 17.7 Å². The number of carbonyl (C=O) groups is 2. The first-order chi connectivity index (χ1) is 10.1. The van der Waals surface area contributed by atoms with Crippen LogP contribution in [0.1, 0.15) is 24.8 Å². The number of likely N-dealkylation sites (tertiary alicyclic amines) is 1. The minimum absolute atomic E-state index is 0.0313. The average molecular weight is 291 g/mol.